The number of alkyl halides is 3. The highest BCUT2D eigenvalue weighted by Gasteiger charge is 2.30. The van der Waals surface area contributed by atoms with Gasteiger partial charge in [-0.05, 0) is 57.4 Å². The largest absolute Gasteiger partial charge is 0.573 e. The molecule has 0 saturated heterocycles. The van der Waals surface area contributed by atoms with Crippen molar-refractivity contribution < 1.29 is 17.9 Å². The Morgan fingerprint density at radius 2 is 1.65 bits per heavy atom. The number of hydrogen-bond acceptors (Lipinski definition) is 2. The molecule has 1 N–H and O–H groups in total. The fourth-order valence-electron chi connectivity index (χ4n) is 1.78. The maximum absolute atomic E-state index is 12.0. The summed E-state index contributed by atoms with van der Waals surface area (Å²) in [6.07, 6.45) is -3.82. The second-order valence-electron chi connectivity index (χ2n) is 6.13. The smallest absolute Gasteiger partial charge is 0.406 e. The van der Waals surface area contributed by atoms with Crippen LogP contribution in [0.25, 0.3) is 0 Å². The van der Waals surface area contributed by atoms with E-state index in [9.17, 15) is 13.2 Å². The Morgan fingerprint density at radius 1 is 1.10 bits per heavy atom. The van der Waals surface area contributed by atoms with Crippen LogP contribution in [0.2, 0.25) is 0 Å². The summed E-state index contributed by atoms with van der Waals surface area (Å²) in [5, 5.41) is 3.41. The summed E-state index contributed by atoms with van der Waals surface area (Å²) in [6, 6.07) is 6.06. The Kier molecular flexibility index (Phi) is 5.45. The van der Waals surface area contributed by atoms with Crippen LogP contribution in [0.5, 0.6) is 5.75 Å². The molecule has 1 atom stereocenters. The highest BCUT2D eigenvalue weighted by Crippen LogP contribution is 2.23. The van der Waals surface area contributed by atoms with Crippen molar-refractivity contribution in [3.63, 3.8) is 0 Å². The minimum atomic E-state index is -4.63. The third-order valence-corrected chi connectivity index (χ3v) is 2.72. The van der Waals surface area contributed by atoms with Crippen LogP contribution in [0.1, 0.15) is 33.3 Å². The zero-order valence-corrected chi connectivity index (χ0v) is 12.3. The lowest BCUT2D eigenvalue weighted by Crippen LogP contribution is -2.39. The van der Waals surface area contributed by atoms with E-state index in [1.54, 1.807) is 12.1 Å². The summed E-state index contributed by atoms with van der Waals surface area (Å²) in [5.74, 6) is 0.227. The molecule has 20 heavy (non-hydrogen) atoms. The maximum atomic E-state index is 12.0. The third-order valence-electron chi connectivity index (χ3n) is 2.72. The molecule has 0 amide bonds. The molecule has 1 aromatic rings. The number of nitrogens with one attached hydrogen (secondary N) is 1. The summed E-state index contributed by atoms with van der Waals surface area (Å²) in [5.41, 5.74) is 1.07. The van der Waals surface area contributed by atoms with Crippen molar-refractivity contribution >= 4 is 0 Å². The Hall–Kier alpha value is -1.23. The first-order valence-corrected chi connectivity index (χ1v) is 6.65. The van der Waals surface area contributed by atoms with Crippen molar-refractivity contribution in [2.75, 3.05) is 6.54 Å². The number of rotatable bonds is 5. The van der Waals surface area contributed by atoms with Crippen molar-refractivity contribution in [3.05, 3.63) is 29.8 Å². The van der Waals surface area contributed by atoms with Gasteiger partial charge in [-0.1, -0.05) is 19.1 Å². The molecule has 0 spiro atoms. The zero-order valence-electron chi connectivity index (χ0n) is 12.3. The van der Waals surface area contributed by atoms with E-state index < -0.39 is 6.36 Å². The Balaban J connectivity index is 2.49. The summed E-state index contributed by atoms with van der Waals surface area (Å²) in [6.45, 7) is 9.28. The molecule has 0 aromatic heterocycles. The molecule has 0 heterocycles. The van der Waals surface area contributed by atoms with E-state index >= 15 is 0 Å². The molecule has 0 aliphatic rings. The molecule has 0 radical (unpaired) electrons. The highest BCUT2D eigenvalue weighted by molar-refractivity contribution is 5.27. The van der Waals surface area contributed by atoms with Crippen molar-refractivity contribution in [2.24, 2.45) is 5.92 Å². The molecule has 2 nitrogen and oxygen atoms in total. The normalized spacial score (nSPS) is 14.2. The lowest BCUT2D eigenvalue weighted by atomic mass is 9.99. The van der Waals surface area contributed by atoms with Crippen LogP contribution in [0.4, 0.5) is 13.2 Å². The molecule has 1 unspecified atom stereocenters. The van der Waals surface area contributed by atoms with Crippen LogP contribution in [0, 0.1) is 5.92 Å². The van der Waals surface area contributed by atoms with Gasteiger partial charge < -0.3 is 10.1 Å². The van der Waals surface area contributed by atoms with E-state index in [1.165, 1.54) is 12.1 Å². The second-order valence-corrected chi connectivity index (χ2v) is 6.13. The number of halogens is 3. The van der Waals surface area contributed by atoms with Gasteiger partial charge in [0.1, 0.15) is 5.75 Å². The van der Waals surface area contributed by atoms with Crippen LogP contribution in [-0.2, 0) is 6.42 Å². The van der Waals surface area contributed by atoms with E-state index in [4.69, 9.17) is 0 Å². The van der Waals surface area contributed by atoms with Gasteiger partial charge >= 0.3 is 6.36 Å². The average Bonchev–Trinajstić information content (AvgIpc) is 2.26. The topological polar surface area (TPSA) is 21.3 Å². The van der Waals surface area contributed by atoms with Gasteiger partial charge in [-0.2, -0.15) is 0 Å². The van der Waals surface area contributed by atoms with Crippen molar-refractivity contribution in [1.82, 2.24) is 5.32 Å². The fourth-order valence-corrected chi connectivity index (χ4v) is 1.78. The van der Waals surface area contributed by atoms with Crippen LogP contribution in [0.15, 0.2) is 24.3 Å². The number of benzene rings is 1. The molecule has 0 bridgehead atoms. The summed E-state index contributed by atoms with van der Waals surface area (Å²) in [4.78, 5) is 0. The van der Waals surface area contributed by atoms with Gasteiger partial charge in [0.2, 0.25) is 0 Å². The van der Waals surface area contributed by atoms with Gasteiger partial charge in [-0.15, -0.1) is 13.2 Å². The molecule has 1 aromatic carbocycles. The predicted molar refractivity (Wildman–Crippen MR) is 73.7 cm³/mol. The monoisotopic (exact) mass is 289 g/mol. The number of hydrogen-bond donors (Lipinski definition) is 1. The van der Waals surface area contributed by atoms with Crippen LogP contribution in [0.3, 0.4) is 0 Å². The Labute approximate surface area is 118 Å². The standard InChI is InChI=1S/C15H22F3NO/c1-11(10-19-14(2,3)4)9-12-5-7-13(8-6-12)20-15(16,17)18/h5-8,11,19H,9-10H2,1-4H3. The van der Waals surface area contributed by atoms with Gasteiger partial charge in [0, 0.05) is 5.54 Å². The molecule has 0 aliphatic heterocycles. The van der Waals surface area contributed by atoms with Crippen molar-refractivity contribution in [2.45, 2.75) is 46.0 Å². The molecule has 0 aliphatic carbocycles. The SMILES string of the molecule is CC(CNC(C)(C)C)Cc1ccc(OC(F)(F)F)cc1. The first-order chi connectivity index (χ1) is 9.05. The molecule has 1 rings (SSSR count). The van der Waals surface area contributed by atoms with E-state index in [-0.39, 0.29) is 11.3 Å². The lowest BCUT2D eigenvalue weighted by molar-refractivity contribution is -0.274. The van der Waals surface area contributed by atoms with E-state index in [1.807, 2.05) is 0 Å². The van der Waals surface area contributed by atoms with Crippen molar-refractivity contribution in [1.29, 1.82) is 0 Å². The lowest BCUT2D eigenvalue weighted by Gasteiger charge is -2.23. The Morgan fingerprint density at radius 3 is 2.10 bits per heavy atom. The summed E-state index contributed by atoms with van der Waals surface area (Å²) < 4.78 is 39.9. The van der Waals surface area contributed by atoms with Gasteiger partial charge in [0.05, 0.1) is 0 Å². The van der Waals surface area contributed by atoms with Gasteiger partial charge in [-0.25, -0.2) is 0 Å². The molecular weight excluding hydrogens is 267 g/mol. The summed E-state index contributed by atoms with van der Waals surface area (Å²) >= 11 is 0. The van der Waals surface area contributed by atoms with Crippen LogP contribution < -0.4 is 10.1 Å². The fraction of sp³-hybridized carbons (Fsp3) is 0.600. The zero-order chi connectivity index (χ0) is 15.4. The third kappa shape index (κ3) is 7.38. The molecular formula is C15H22F3NO. The van der Waals surface area contributed by atoms with Crippen LogP contribution in [-0.4, -0.2) is 18.4 Å². The molecule has 0 saturated carbocycles. The minimum absolute atomic E-state index is 0.0681. The average molecular weight is 289 g/mol. The van der Waals surface area contributed by atoms with Gasteiger partial charge in [-0.3, -0.25) is 0 Å². The number of ether oxygens (including phenoxy) is 1. The maximum Gasteiger partial charge on any atom is 0.573 e. The minimum Gasteiger partial charge on any atom is -0.406 e. The highest BCUT2D eigenvalue weighted by atomic mass is 19.4. The molecule has 0 fully saturated rings. The first-order valence-electron chi connectivity index (χ1n) is 6.65. The van der Waals surface area contributed by atoms with Crippen LogP contribution >= 0.6 is 0 Å². The quantitative estimate of drug-likeness (QED) is 0.879. The van der Waals surface area contributed by atoms with E-state index in [0.29, 0.717) is 5.92 Å². The molecule has 114 valence electrons. The van der Waals surface area contributed by atoms with E-state index in [2.05, 4.69) is 37.7 Å². The first kappa shape index (κ1) is 16.8. The van der Waals surface area contributed by atoms with E-state index in [0.717, 1.165) is 18.5 Å². The molecule has 5 heteroatoms. The van der Waals surface area contributed by atoms with Gasteiger partial charge in [0.15, 0.2) is 0 Å². The van der Waals surface area contributed by atoms with Gasteiger partial charge in [0.25, 0.3) is 0 Å². The summed E-state index contributed by atoms with van der Waals surface area (Å²) in [7, 11) is 0. The Bertz CT molecular complexity index is 407. The predicted octanol–water partition coefficient (Wildman–Crippen LogP) is 4.15. The van der Waals surface area contributed by atoms with Crippen molar-refractivity contribution in [3.8, 4) is 5.75 Å². The second kappa shape index (κ2) is 6.48.